The van der Waals surface area contributed by atoms with Crippen LogP contribution >= 0.6 is 15.9 Å². The van der Waals surface area contributed by atoms with Gasteiger partial charge < -0.3 is 14.8 Å². The van der Waals surface area contributed by atoms with Crippen molar-refractivity contribution in [2.75, 3.05) is 20.8 Å². The van der Waals surface area contributed by atoms with E-state index in [2.05, 4.69) is 33.4 Å². The Hall–Kier alpha value is -0.580. The van der Waals surface area contributed by atoms with E-state index in [0.29, 0.717) is 12.1 Å². The van der Waals surface area contributed by atoms with E-state index < -0.39 is 0 Å². The zero-order valence-corrected chi connectivity index (χ0v) is 13.2. The first-order valence-corrected chi connectivity index (χ1v) is 7.63. The third-order valence-corrected chi connectivity index (χ3v) is 4.30. The van der Waals surface area contributed by atoms with E-state index in [9.17, 15) is 0 Å². The van der Waals surface area contributed by atoms with E-state index in [1.165, 1.54) is 18.4 Å². The molecule has 106 valence electrons. The Bertz CT molecular complexity index is 405. The van der Waals surface area contributed by atoms with Crippen molar-refractivity contribution in [1.29, 1.82) is 0 Å². The summed E-state index contributed by atoms with van der Waals surface area (Å²) < 4.78 is 12.0. The van der Waals surface area contributed by atoms with Gasteiger partial charge in [0.05, 0.1) is 17.7 Å². The van der Waals surface area contributed by atoms with Crippen LogP contribution in [0, 0.1) is 0 Å². The number of ether oxygens (including phenoxy) is 2. The first kappa shape index (κ1) is 14.8. The van der Waals surface area contributed by atoms with Gasteiger partial charge in [-0.1, -0.05) is 6.07 Å². The van der Waals surface area contributed by atoms with Crippen LogP contribution in [0.4, 0.5) is 0 Å². The minimum absolute atomic E-state index is 0.430. The minimum Gasteiger partial charge on any atom is -0.496 e. The minimum atomic E-state index is 0.430. The molecule has 2 rings (SSSR count). The average Bonchev–Trinajstić information content (AvgIpc) is 2.91. The molecule has 2 unspecified atom stereocenters. The molecule has 4 heteroatoms. The summed E-state index contributed by atoms with van der Waals surface area (Å²) in [7, 11) is 3.71. The number of nitrogens with one attached hydrogen (secondary N) is 1. The van der Waals surface area contributed by atoms with Crippen LogP contribution in [0.15, 0.2) is 22.7 Å². The number of hydrogen-bond acceptors (Lipinski definition) is 3. The molecular weight excluding hydrogens is 306 g/mol. The molecule has 0 saturated carbocycles. The monoisotopic (exact) mass is 327 g/mol. The molecule has 1 saturated heterocycles. The van der Waals surface area contributed by atoms with Crippen LogP contribution in [-0.4, -0.2) is 32.9 Å². The Morgan fingerprint density at radius 3 is 2.95 bits per heavy atom. The summed E-state index contributed by atoms with van der Waals surface area (Å²) in [6.07, 6.45) is 4.93. The van der Waals surface area contributed by atoms with Gasteiger partial charge in [0.25, 0.3) is 0 Å². The molecule has 1 aliphatic rings. The van der Waals surface area contributed by atoms with E-state index in [1.54, 1.807) is 7.11 Å². The van der Waals surface area contributed by atoms with Crippen molar-refractivity contribution >= 4 is 15.9 Å². The van der Waals surface area contributed by atoms with E-state index in [4.69, 9.17) is 9.47 Å². The summed E-state index contributed by atoms with van der Waals surface area (Å²) >= 11 is 3.54. The maximum Gasteiger partial charge on any atom is 0.133 e. The summed E-state index contributed by atoms with van der Waals surface area (Å²) in [6.45, 7) is 0.926. The number of hydrogen-bond donors (Lipinski definition) is 1. The zero-order valence-electron chi connectivity index (χ0n) is 11.6. The maximum atomic E-state index is 5.71. The quantitative estimate of drug-likeness (QED) is 0.870. The Morgan fingerprint density at radius 2 is 2.37 bits per heavy atom. The summed E-state index contributed by atoms with van der Waals surface area (Å²) in [6, 6.07) is 6.74. The molecule has 0 spiro atoms. The van der Waals surface area contributed by atoms with E-state index in [1.807, 2.05) is 13.1 Å². The molecule has 1 aromatic rings. The third kappa shape index (κ3) is 4.20. The molecule has 1 aromatic carbocycles. The van der Waals surface area contributed by atoms with Gasteiger partial charge in [-0.05, 0) is 66.4 Å². The van der Waals surface area contributed by atoms with Gasteiger partial charge >= 0.3 is 0 Å². The zero-order chi connectivity index (χ0) is 13.7. The first-order valence-electron chi connectivity index (χ1n) is 6.84. The van der Waals surface area contributed by atoms with Crippen LogP contribution < -0.4 is 10.1 Å². The average molecular weight is 328 g/mol. The molecule has 0 aromatic heterocycles. The largest absolute Gasteiger partial charge is 0.496 e. The summed E-state index contributed by atoms with van der Waals surface area (Å²) in [5.74, 6) is 0.879. The second kappa shape index (κ2) is 7.27. The number of benzene rings is 1. The number of likely N-dealkylation sites (N-methyl/N-ethyl adjacent to an activating group) is 1. The predicted molar refractivity (Wildman–Crippen MR) is 80.8 cm³/mol. The SMILES string of the molecule is CNC(Cc1ccc(OC)c(Br)c1)CC1CCCO1. The molecule has 1 fully saturated rings. The van der Waals surface area contributed by atoms with Crippen LogP contribution in [0.25, 0.3) is 0 Å². The molecule has 2 atom stereocenters. The van der Waals surface area contributed by atoms with Gasteiger partial charge in [-0.15, -0.1) is 0 Å². The van der Waals surface area contributed by atoms with Crippen LogP contribution in [-0.2, 0) is 11.2 Å². The Morgan fingerprint density at radius 1 is 1.53 bits per heavy atom. The Labute approximate surface area is 123 Å². The second-order valence-corrected chi connectivity index (χ2v) is 5.88. The molecule has 0 amide bonds. The van der Waals surface area contributed by atoms with Gasteiger partial charge in [0.2, 0.25) is 0 Å². The highest BCUT2D eigenvalue weighted by Crippen LogP contribution is 2.26. The first-order chi connectivity index (χ1) is 9.22. The molecule has 1 aliphatic heterocycles. The fourth-order valence-corrected chi connectivity index (χ4v) is 3.16. The predicted octanol–water partition coefficient (Wildman–Crippen LogP) is 3.16. The number of methoxy groups -OCH3 is 1. The van der Waals surface area contributed by atoms with E-state index in [0.717, 1.165) is 29.7 Å². The normalized spacial score (nSPS) is 20.5. The molecule has 0 radical (unpaired) electrons. The molecule has 3 nitrogen and oxygen atoms in total. The Kier molecular flexibility index (Phi) is 5.67. The lowest BCUT2D eigenvalue weighted by molar-refractivity contribution is 0.0954. The number of rotatable bonds is 6. The van der Waals surface area contributed by atoms with Crippen molar-refractivity contribution in [3.8, 4) is 5.75 Å². The van der Waals surface area contributed by atoms with Crippen LogP contribution in [0.2, 0.25) is 0 Å². The second-order valence-electron chi connectivity index (χ2n) is 5.03. The topological polar surface area (TPSA) is 30.5 Å². The molecule has 19 heavy (non-hydrogen) atoms. The lowest BCUT2D eigenvalue weighted by Crippen LogP contribution is -2.31. The smallest absolute Gasteiger partial charge is 0.133 e. The van der Waals surface area contributed by atoms with Gasteiger partial charge in [-0.3, -0.25) is 0 Å². The van der Waals surface area contributed by atoms with Gasteiger partial charge in [0.1, 0.15) is 5.75 Å². The third-order valence-electron chi connectivity index (χ3n) is 3.68. The fraction of sp³-hybridized carbons (Fsp3) is 0.600. The van der Waals surface area contributed by atoms with Crippen LogP contribution in [0.1, 0.15) is 24.8 Å². The van der Waals surface area contributed by atoms with Crippen molar-refractivity contribution < 1.29 is 9.47 Å². The van der Waals surface area contributed by atoms with Crippen molar-refractivity contribution in [2.45, 2.75) is 37.8 Å². The maximum absolute atomic E-state index is 5.71. The molecule has 0 aliphatic carbocycles. The van der Waals surface area contributed by atoms with Crippen molar-refractivity contribution in [1.82, 2.24) is 5.32 Å². The van der Waals surface area contributed by atoms with Gasteiger partial charge in [-0.25, -0.2) is 0 Å². The van der Waals surface area contributed by atoms with Gasteiger partial charge in [0.15, 0.2) is 0 Å². The highest BCUT2D eigenvalue weighted by molar-refractivity contribution is 9.10. The van der Waals surface area contributed by atoms with Crippen LogP contribution in [0.5, 0.6) is 5.75 Å². The highest BCUT2D eigenvalue weighted by atomic mass is 79.9. The van der Waals surface area contributed by atoms with E-state index >= 15 is 0 Å². The standard InChI is InChI=1S/C15H22BrNO2/c1-17-12(10-13-4-3-7-19-13)8-11-5-6-15(18-2)14(16)9-11/h5-6,9,12-13,17H,3-4,7-8,10H2,1-2H3. The summed E-state index contributed by atoms with van der Waals surface area (Å²) in [4.78, 5) is 0. The van der Waals surface area contributed by atoms with Crippen molar-refractivity contribution in [3.05, 3.63) is 28.2 Å². The van der Waals surface area contributed by atoms with Gasteiger partial charge in [-0.2, -0.15) is 0 Å². The molecule has 1 N–H and O–H groups in total. The lowest BCUT2D eigenvalue weighted by Gasteiger charge is -2.20. The lowest BCUT2D eigenvalue weighted by atomic mass is 9.99. The molecular formula is C15H22BrNO2. The molecule has 1 heterocycles. The summed E-state index contributed by atoms with van der Waals surface area (Å²) in [5.41, 5.74) is 1.31. The number of halogens is 1. The summed E-state index contributed by atoms with van der Waals surface area (Å²) in [5, 5.41) is 3.40. The van der Waals surface area contributed by atoms with Crippen molar-refractivity contribution in [3.63, 3.8) is 0 Å². The van der Waals surface area contributed by atoms with Gasteiger partial charge in [0, 0.05) is 12.6 Å². The van der Waals surface area contributed by atoms with Crippen molar-refractivity contribution in [2.24, 2.45) is 0 Å². The fourth-order valence-electron chi connectivity index (χ4n) is 2.57. The van der Waals surface area contributed by atoms with E-state index in [-0.39, 0.29) is 0 Å². The highest BCUT2D eigenvalue weighted by Gasteiger charge is 2.20. The van der Waals surface area contributed by atoms with Crippen LogP contribution in [0.3, 0.4) is 0 Å². The molecule has 0 bridgehead atoms. The Balaban J connectivity index is 1.95.